The summed E-state index contributed by atoms with van der Waals surface area (Å²) < 4.78 is 0. The molecule has 0 spiro atoms. The summed E-state index contributed by atoms with van der Waals surface area (Å²) in [5, 5.41) is 9.08. The summed E-state index contributed by atoms with van der Waals surface area (Å²) in [6.07, 6.45) is 7.13. The predicted molar refractivity (Wildman–Crippen MR) is 50.2 cm³/mol. The lowest BCUT2D eigenvalue weighted by Gasteiger charge is -2.14. The molecule has 0 saturated carbocycles. The lowest BCUT2D eigenvalue weighted by molar-refractivity contribution is -0.117. The molecule has 0 heterocycles. The first-order valence-electron chi connectivity index (χ1n) is 3.96. The van der Waals surface area contributed by atoms with Crippen molar-refractivity contribution in [2.75, 3.05) is 0 Å². The van der Waals surface area contributed by atoms with Gasteiger partial charge in [-0.3, -0.25) is 9.59 Å². The van der Waals surface area contributed by atoms with Crippen LogP contribution in [-0.2, 0) is 9.59 Å². The third kappa shape index (κ3) is 1.90. The lowest BCUT2D eigenvalue weighted by Crippen LogP contribution is -2.30. The van der Waals surface area contributed by atoms with Gasteiger partial charge >= 0.3 is 0 Å². The molecule has 0 aromatic rings. The molecule has 4 heteroatoms. The Morgan fingerprint density at radius 3 is 2.71 bits per heavy atom. The number of hydrogen-bond acceptors (Lipinski definition) is 4. The SMILES string of the molecule is C#CC[C@@H](N)C1=CC(=O)C=C(O)C1=O. The van der Waals surface area contributed by atoms with E-state index in [0.717, 1.165) is 12.2 Å². The van der Waals surface area contributed by atoms with Crippen LogP contribution in [0.4, 0.5) is 0 Å². The van der Waals surface area contributed by atoms with Gasteiger partial charge in [0, 0.05) is 24.1 Å². The van der Waals surface area contributed by atoms with Crippen molar-refractivity contribution in [2.24, 2.45) is 5.73 Å². The fraction of sp³-hybridized carbons (Fsp3) is 0.200. The Hall–Kier alpha value is -1.86. The van der Waals surface area contributed by atoms with Gasteiger partial charge in [0.15, 0.2) is 11.5 Å². The maximum Gasteiger partial charge on any atom is 0.225 e. The molecule has 1 aliphatic rings. The number of rotatable bonds is 2. The molecule has 1 aliphatic carbocycles. The van der Waals surface area contributed by atoms with Gasteiger partial charge in [0.25, 0.3) is 0 Å². The molecular weight excluding hydrogens is 182 g/mol. The van der Waals surface area contributed by atoms with Crippen molar-refractivity contribution in [3.05, 3.63) is 23.5 Å². The number of carbonyl (C=O) groups excluding carboxylic acids is 2. The fourth-order valence-corrected chi connectivity index (χ4v) is 1.12. The summed E-state index contributed by atoms with van der Waals surface area (Å²) in [6.45, 7) is 0. The van der Waals surface area contributed by atoms with Crippen LogP contribution in [0.15, 0.2) is 23.5 Å². The third-order valence-corrected chi connectivity index (χ3v) is 1.81. The van der Waals surface area contributed by atoms with E-state index >= 15 is 0 Å². The Morgan fingerprint density at radius 1 is 1.50 bits per heavy atom. The van der Waals surface area contributed by atoms with Crippen LogP contribution in [0.3, 0.4) is 0 Å². The molecule has 0 unspecified atom stereocenters. The largest absolute Gasteiger partial charge is 0.504 e. The van der Waals surface area contributed by atoms with Gasteiger partial charge in [0.2, 0.25) is 5.78 Å². The van der Waals surface area contributed by atoms with Gasteiger partial charge in [-0.25, -0.2) is 0 Å². The maximum atomic E-state index is 11.3. The van der Waals surface area contributed by atoms with Gasteiger partial charge in [-0.1, -0.05) is 0 Å². The van der Waals surface area contributed by atoms with Crippen molar-refractivity contribution in [3.63, 3.8) is 0 Å². The topological polar surface area (TPSA) is 80.4 Å². The van der Waals surface area contributed by atoms with E-state index in [1.807, 2.05) is 0 Å². The van der Waals surface area contributed by atoms with Gasteiger partial charge in [0.05, 0.1) is 0 Å². The zero-order chi connectivity index (χ0) is 10.7. The molecule has 3 N–H and O–H groups in total. The molecule has 1 atom stereocenters. The second kappa shape index (κ2) is 3.90. The summed E-state index contributed by atoms with van der Waals surface area (Å²) in [6, 6.07) is -0.702. The van der Waals surface area contributed by atoms with Gasteiger partial charge in [-0.05, 0) is 6.08 Å². The molecule has 0 radical (unpaired) electrons. The summed E-state index contributed by atoms with van der Waals surface area (Å²) in [5.74, 6) is 0.615. The lowest BCUT2D eigenvalue weighted by atomic mass is 9.94. The number of nitrogens with two attached hydrogens (primary N) is 1. The number of Topliss-reactive ketones (excluding diaryl/α,β-unsaturated/α-hetero) is 1. The number of terminal acetylenes is 1. The number of allylic oxidation sites excluding steroid dienone is 3. The van der Waals surface area contributed by atoms with Crippen molar-refractivity contribution in [3.8, 4) is 12.3 Å². The molecule has 0 aromatic heterocycles. The van der Waals surface area contributed by atoms with Crippen molar-refractivity contribution in [1.82, 2.24) is 0 Å². The van der Waals surface area contributed by atoms with Crippen LogP contribution in [0.1, 0.15) is 6.42 Å². The van der Waals surface area contributed by atoms with Crippen molar-refractivity contribution >= 4 is 11.6 Å². The first-order chi connectivity index (χ1) is 6.56. The quantitative estimate of drug-likeness (QED) is 0.470. The molecule has 0 amide bonds. The van der Waals surface area contributed by atoms with Crippen LogP contribution in [0.5, 0.6) is 0 Å². The van der Waals surface area contributed by atoms with Crippen LogP contribution in [0.2, 0.25) is 0 Å². The van der Waals surface area contributed by atoms with E-state index in [9.17, 15) is 9.59 Å². The summed E-state index contributed by atoms with van der Waals surface area (Å²) in [7, 11) is 0. The van der Waals surface area contributed by atoms with E-state index in [1.54, 1.807) is 0 Å². The highest BCUT2D eigenvalue weighted by atomic mass is 16.3. The standard InChI is InChI=1S/C10H9NO3/c1-2-3-8(11)7-4-6(12)5-9(13)10(7)14/h1,4-5,8,13H,3,11H2/t8-/m1/s1. The maximum absolute atomic E-state index is 11.3. The molecule has 1 rings (SSSR count). The minimum Gasteiger partial charge on any atom is -0.504 e. The molecule has 0 saturated heterocycles. The Morgan fingerprint density at radius 2 is 2.14 bits per heavy atom. The number of aliphatic hydroxyl groups excluding tert-OH is 1. The average Bonchev–Trinajstić information content (AvgIpc) is 2.11. The normalized spacial score (nSPS) is 18.3. The summed E-state index contributed by atoms with van der Waals surface area (Å²) >= 11 is 0. The summed E-state index contributed by atoms with van der Waals surface area (Å²) in [4.78, 5) is 22.3. The minimum atomic E-state index is -0.702. The Kier molecular flexibility index (Phi) is 2.85. The predicted octanol–water partition coefficient (Wildman–Crippen LogP) is -0.143. The average molecular weight is 191 g/mol. The van der Waals surface area contributed by atoms with Crippen molar-refractivity contribution in [1.29, 1.82) is 0 Å². The van der Waals surface area contributed by atoms with Crippen molar-refractivity contribution < 1.29 is 14.7 Å². The van der Waals surface area contributed by atoms with Gasteiger partial charge < -0.3 is 10.8 Å². The van der Waals surface area contributed by atoms with Crippen LogP contribution in [0.25, 0.3) is 0 Å². The molecule has 14 heavy (non-hydrogen) atoms. The van der Waals surface area contributed by atoms with Gasteiger partial charge in [-0.2, -0.15) is 0 Å². The molecule has 0 aromatic carbocycles. The van der Waals surface area contributed by atoms with E-state index < -0.39 is 23.4 Å². The molecule has 0 aliphatic heterocycles. The molecule has 4 nitrogen and oxygen atoms in total. The van der Waals surface area contributed by atoms with Gasteiger partial charge in [-0.15, -0.1) is 12.3 Å². The van der Waals surface area contributed by atoms with Crippen molar-refractivity contribution in [2.45, 2.75) is 12.5 Å². The van der Waals surface area contributed by atoms with E-state index in [4.69, 9.17) is 17.3 Å². The minimum absolute atomic E-state index is 0.0629. The highest BCUT2D eigenvalue weighted by Gasteiger charge is 2.24. The highest BCUT2D eigenvalue weighted by molar-refractivity contribution is 6.19. The van der Waals surface area contributed by atoms with Crippen LogP contribution < -0.4 is 5.73 Å². The number of aliphatic hydroxyl groups is 1. The van der Waals surface area contributed by atoms with E-state index in [0.29, 0.717) is 0 Å². The van der Waals surface area contributed by atoms with E-state index in [1.165, 1.54) is 0 Å². The van der Waals surface area contributed by atoms with E-state index in [-0.39, 0.29) is 12.0 Å². The number of carbonyl (C=O) groups is 2. The Labute approximate surface area is 81.1 Å². The second-order valence-electron chi connectivity index (χ2n) is 2.88. The monoisotopic (exact) mass is 191 g/mol. The van der Waals surface area contributed by atoms with Crippen LogP contribution in [0, 0.1) is 12.3 Å². The van der Waals surface area contributed by atoms with Crippen LogP contribution >= 0.6 is 0 Å². The first kappa shape index (κ1) is 10.2. The fourth-order valence-electron chi connectivity index (χ4n) is 1.12. The highest BCUT2D eigenvalue weighted by Crippen LogP contribution is 2.14. The summed E-state index contributed by atoms with van der Waals surface area (Å²) in [5.41, 5.74) is 5.61. The Bertz CT molecular complexity index is 385. The number of hydrogen-bond donors (Lipinski definition) is 2. The molecule has 0 fully saturated rings. The zero-order valence-electron chi connectivity index (χ0n) is 7.36. The molecule has 0 bridgehead atoms. The third-order valence-electron chi connectivity index (χ3n) is 1.81. The molecular formula is C10H9NO3. The number of ketones is 2. The zero-order valence-corrected chi connectivity index (χ0v) is 7.36. The first-order valence-corrected chi connectivity index (χ1v) is 3.96. The Balaban J connectivity index is 2.95. The van der Waals surface area contributed by atoms with Crippen LogP contribution in [-0.4, -0.2) is 22.7 Å². The smallest absolute Gasteiger partial charge is 0.225 e. The molecule has 72 valence electrons. The van der Waals surface area contributed by atoms with E-state index in [2.05, 4.69) is 5.92 Å². The second-order valence-corrected chi connectivity index (χ2v) is 2.88. The van der Waals surface area contributed by atoms with Gasteiger partial charge in [0.1, 0.15) is 0 Å².